The molecule has 4 rings (SSSR count). The molecule has 0 heterocycles. The highest BCUT2D eigenvalue weighted by Crippen LogP contribution is 2.39. The Labute approximate surface area is 181 Å². The zero-order valence-corrected chi connectivity index (χ0v) is 17.9. The van der Waals surface area contributed by atoms with Crippen LogP contribution in [0.4, 0.5) is 13.2 Å². The molecule has 3 aromatic rings. The summed E-state index contributed by atoms with van der Waals surface area (Å²) in [6.07, 6.45) is 9.74. The Morgan fingerprint density at radius 1 is 0.871 bits per heavy atom. The second-order valence-electron chi connectivity index (χ2n) is 8.91. The summed E-state index contributed by atoms with van der Waals surface area (Å²) in [6.45, 7) is 2.23. The molecule has 1 aliphatic carbocycles. The second-order valence-corrected chi connectivity index (χ2v) is 8.91. The minimum Gasteiger partial charge on any atom is -0.505 e. The van der Waals surface area contributed by atoms with Crippen molar-refractivity contribution in [2.75, 3.05) is 0 Å². The molecule has 0 bridgehead atoms. The third kappa shape index (κ3) is 4.58. The lowest BCUT2D eigenvalue weighted by atomic mass is 9.77. The van der Waals surface area contributed by atoms with Crippen LogP contribution in [0, 0.1) is 23.4 Å². The van der Waals surface area contributed by atoms with E-state index < -0.39 is 17.4 Å². The molecule has 31 heavy (non-hydrogen) atoms. The van der Waals surface area contributed by atoms with E-state index in [0.717, 1.165) is 30.4 Å². The summed E-state index contributed by atoms with van der Waals surface area (Å²) < 4.78 is 43.6. The highest BCUT2D eigenvalue weighted by atomic mass is 19.1. The molecule has 0 saturated heterocycles. The van der Waals surface area contributed by atoms with Gasteiger partial charge in [0.15, 0.2) is 11.6 Å². The van der Waals surface area contributed by atoms with Crippen LogP contribution in [0.3, 0.4) is 0 Å². The summed E-state index contributed by atoms with van der Waals surface area (Å²) in [5.74, 6) is -1.63. The molecule has 1 nitrogen and oxygen atoms in total. The van der Waals surface area contributed by atoms with E-state index in [1.165, 1.54) is 50.7 Å². The van der Waals surface area contributed by atoms with E-state index in [1.54, 1.807) is 18.2 Å². The van der Waals surface area contributed by atoms with Crippen molar-refractivity contribution in [2.24, 2.45) is 5.92 Å². The number of unbranched alkanes of at least 4 members (excludes halogenated alkanes) is 2. The van der Waals surface area contributed by atoms with Gasteiger partial charge in [0.2, 0.25) is 0 Å². The van der Waals surface area contributed by atoms with Crippen molar-refractivity contribution in [3.8, 4) is 16.9 Å². The van der Waals surface area contributed by atoms with Gasteiger partial charge in [-0.2, -0.15) is 0 Å². The van der Waals surface area contributed by atoms with Gasteiger partial charge in [-0.05, 0) is 78.3 Å². The van der Waals surface area contributed by atoms with Crippen LogP contribution in [0.1, 0.15) is 69.8 Å². The van der Waals surface area contributed by atoms with Gasteiger partial charge in [-0.15, -0.1) is 0 Å². The quantitative estimate of drug-likeness (QED) is 0.392. The van der Waals surface area contributed by atoms with Gasteiger partial charge in [0.1, 0.15) is 11.6 Å². The number of hydrogen-bond donors (Lipinski definition) is 1. The molecule has 3 aromatic carbocycles. The Kier molecular flexibility index (Phi) is 6.54. The predicted octanol–water partition coefficient (Wildman–Crippen LogP) is 8.48. The van der Waals surface area contributed by atoms with Crippen LogP contribution in [0.2, 0.25) is 0 Å². The Hall–Kier alpha value is -2.49. The van der Waals surface area contributed by atoms with Crippen molar-refractivity contribution < 1.29 is 18.3 Å². The van der Waals surface area contributed by atoms with E-state index in [1.807, 2.05) is 6.07 Å². The average molecular weight is 427 g/mol. The summed E-state index contributed by atoms with van der Waals surface area (Å²) in [6, 6.07) is 10.5. The lowest BCUT2D eigenvalue weighted by Crippen LogP contribution is -2.13. The molecule has 164 valence electrons. The minimum absolute atomic E-state index is 0.281. The van der Waals surface area contributed by atoms with Crippen LogP contribution in [-0.2, 0) is 0 Å². The van der Waals surface area contributed by atoms with Crippen LogP contribution in [0.25, 0.3) is 21.9 Å². The zero-order chi connectivity index (χ0) is 22.0. The predicted molar refractivity (Wildman–Crippen MR) is 120 cm³/mol. The van der Waals surface area contributed by atoms with E-state index in [4.69, 9.17) is 0 Å². The number of benzene rings is 3. The van der Waals surface area contributed by atoms with E-state index in [2.05, 4.69) is 6.92 Å². The van der Waals surface area contributed by atoms with Gasteiger partial charge in [0, 0.05) is 5.56 Å². The Balaban J connectivity index is 1.53. The summed E-state index contributed by atoms with van der Waals surface area (Å²) in [4.78, 5) is 0. The van der Waals surface area contributed by atoms with Crippen LogP contribution < -0.4 is 0 Å². The monoisotopic (exact) mass is 426 g/mol. The van der Waals surface area contributed by atoms with Crippen LogP contribution >= 0.6 is 0 Å². The number of fused-ring (bicyclic) bond motifs is 1. The minimum atomic E-state index is -0.998. The van der Waals surface area contributed by atoms with E-state index in [-0.39, 0.29) is 16.6 Å². The fraction of sp³-hybridized carbons (Fsp3) is 0.407. The van der Waals surface area contributed by atoms with E-state index >= 15 is 4.39 Å². The highest BCUT2D eigenvalue weighted by molar-refractivity contribution is 5.89. The fourth-order valence-electron chi connectivity index (χ4n) is 5.00. The molecule has 1 saturated carbocycles. The van der Waals surface area contributed by atoms with Gasteiger partial charge in [0.05, 0.1) is 5.39 Å². The normalized spacial score (nSPS) is 19.1. The maximum atomic E-state index is 15.0. The Morgan fingerprint density at radius 3 is 2.35 bits per heavy atom. The molecule has 0 radical (unpaired) electrons. The van der Waals surface area contributed by atoms with Crippen molar-refractivity contribution in [3.63, 3.8) is 0 Å². The first kappa shape index (κ1) is 21.7. The van der Waals surface area contributed by atoms with Crippen LogP contribution in [-0.4, -0.2) is 5.11 Å². The second kappa shape index (κ2) is 9.33. The van der Waals surface area contributed by atoms with Crippen molar-refractivity contribution >= 4 is 10.8 Å². The molecule has 0 aliphatic heterocycles. The van der Waals surface area contributed by atoms with Crippen LogP contribution in [0.15, 0.2) is 42.5 Å². The first-order valence-corrected chi connectivity index (χ1v) is 11.4. The van der Waals surface area contributed by atoms with Crippen LogP contribution in [0.5, 0.6) is 5.75 Å². The molecular formula is C27H29F3O. The summed E-state index contributed by atoms with van der Waals surface area (Å²) >= 11 is 0. The Morgan fingerprint density at radius 2 is 1.65 bits per heavy atom. The van der Waals surface area contributed by atoms with Gasteiger partial charge >= 0.3 is 0 Å². The van der Waals surface area contributed by atoms with Crippen molar-refractivity contribution in [1.29, 1.82) is 0 Å². The molecule has 0 amide bonds. The number of phenols is 1. The van der Waals surface area contributed by atoms with Gasteiger partial charge in [-0.1, -0.05) is 50.8 Å². The number of halogens is 3. The number of aromatic hydroxyl groups is 1. The SMILES string of the molecule is CCCCCC1CCC(c2ccc(-c3cc(F)c4c(F)c(O)ccc4c3)c(F)c2)CC1. The first-order valence-electron chi connectivity index (χ1n) is 11.4. The van der Waals surface area contributed by atoms with Gasteiger partial charge in [-0.3, -0.25) is 0 Å². The van der Waals surface area contributed by atoms with E-state index in [0.29, 0.717) is 17.0 Å². The van der Waals surface area contributed by atoms with Gasteiger partial charge in [-0.25, -0.2) is 13.2 Å². The summed E-state index contributed by atoms with van der Waals surface area (Å²) in [5, 5.41) is 9.50. The topological polar surface area (TPSA) is 20.2 Å². The zero-order valence-electron chi connectivity index (χ0n) is 17.9. The van der Waals surface area contributed by atoms with Crippen molar-refractivity contribution in [3.05, 3.63) is 65.5 Å². The third-order valence-electron chi connectivity index (χ3n) is 6.82. The summed E-state index contributed by atoms with van der Waals surface area (Å²) in [7, 11) is 0. The summed E-state index contributed by atoms with van der Waals surface area (Å²) in [5.41, 5.74) is 1.66. The average Bonchev–Trinajstić information content (AvgIpc) is 2.76. The van der Waals surface area contributed by atoms with E-state index in [9.17, 15) is 13.9 Å². The lowest BCUT2D eigenvalue weighted by Gasteiger charge is -2.29. The molecule has 1 N–H and O–H groups in total. The number of phenolic OH excluding ortho intramolecular Hbond substituents is 1. The maximum absolute atomic E-state index is 15.0. The maximum Gasteiger partial charge on any atom is 0.175 e. The lowest BCUT2D eigenvalue weighted by molar-refractivity contribution is 0.302. The number of rotatable bonds is 6. The molecule has 4 heteroatoms. The largest absolute Gasteiger partial charge is 0.505 e. The molecule has 0 atom stereocenters. The molecule has 0 spiro atoms. The van der Waals surface area contributed by atoms with Crippen molar-refractivity contribution in [2.45, 2.75) is 64.2 Å². The first-order chi connectivity index (χ1) is 15.0. The number of hydrogen-bond acceptors (Lipinski definition) is 1. The molecule has 1 fully saturated rings. The fourth-order valence-corrected chi connectivity index (χ4v) is 5.00. The van der Waals surface area contributed by atoms with Gasteiger partial charge in [0.25, 0.3) is 0 Å². The standard InChI is InChI=1S/C27H29F3O/c1-2-3-4-5-17-6-8-18(9-7-17)19-10-12-22(23(28)15-19)21-14-20-11-13-25(31)27(30)26(20)24(29)16-21/h10-18,31H,2-9H2,1H3. The molecular weight excluding hydrogens is 397 g/mol. The highest BCUT2D eigenvalue weighted by Gasteiger charge is 2.23. The third-order valence-corrected chi connectivity index (χ3v) is 6.82. The molecule has 1 aliphatic rings. The smallest absolute Gasteiger partial charge is 0.175 e. The Bertz CT molecular complexity index is 1070. The molecule has 0 unspecified atom stereocenters. The molecule has 0 aromatic heterocycles. The van der Waals surface area contributed by atoms with Gasteiger partial charge < -0.3 is 5.11 Å². The van der Waals surface area contributed by atoms with Crippen molar-refractivity contribution in [1.82, 2.24) is 0 Å².